The van der Waals surface area contributed by atoms with E-state index >= 15 is 0 Å². The molecule has 0 saturated heterocycles. The quantitative estimate of drug-likeness (QED) is 0.406. The first kappa shape index (κ1) is 18.1. The highest BCUT2D eigenvalue weighted by Crippen LogP contribution is 2.47. The Morgan fingerprint density at radius 3 is 2.05 bits per heavy atom. The highest BCUT2D eigenvalue weighted by atomic mass is 14.4. The topological polar surface area (TPSA) is 0 Å². The minimum atomic E-state index is 0.912. The van der Waals surface area contributed by atoms with E-state index in [9.17, 15) is 0 Å². The van der Waals surface area contributed by atoms with Gasteiger partial charge in [0.2, 0.25) is 0 Å². The van der Waals surface area contributed by atoms with E-state index in [2.05, 4.69) is 41.5 Å². The Balaban J connectivity index is 2.54. The molecule has 0 amide bonds. The predicted molar refractivity (Wildman–Crippen MR) is 91.9 cm³/mol. The maximum absolute atomic E-state index is 2.56. The molecule has 0 N–H and O–H groups in total. The lowest BCUT2D eigenvalue weighted by molar-refractivity contribution is 0.0434. The molecular formula is C20H40. The van der Waals surface area contributed by atoms with Gasteiger partial charge in [0.25, 0.3) is 0 Å². The molecule has 1 aliphatic rings. The second-order valence-electron chi connectivity index (χ2n) is 7.62. The van der Waals surface area contributed by atoms with Crippen molar-refractivity contribution in [3.8, 4) is 0 Å². The number of hydrogen-bond donors (Lipinski definition) is 0. The van der Waals surface area contributed by atoms with Crippen LogP contribution >= 0.6 is 0 Å². The maximum Gasteiger partial charge on any atom is -0.0355 e. The SMILES string of the molecule is CCCC(CC)CC(C)C(C)C(CC)C1CCC1CC. The van der Waals surface area contributed by atoms with Crippen molar-refractivity contribution in [3.05, 3.63) is 0 Å². The van der Waals surface area contributed by atoms with Crippen molar-refractivity contribution in [2.24, 2.45) is 35.5 Å². The summed E-state index contributed by atoms with van der Waals surface area (Å²) >= 11 is 0. The minimum absolute atomic E-state index is 0.912. The Labute approximate surface area is 129 Å². The monoisotopic (exact) mass is 280 g/mol. The van der Waals surface area contributed by atoms with Gasteiger partial charge in [-0.05, 0) is 54.8 Å². The van der Waals surface area contributed by atoms with Crippen molar-refractivity contribution < 1.29 is 0 Å². The standard InChI is InChI=1S/C20H40/c1-7-11-17(8-2)14-15(5)16(6)19(10-4)20-13-12-18(20)9-3/h15-20H,7-14H2,1-6H3. The molecule has 1 aliphatic carbocycles. The average molecular weight is 281 g/mol. The lowest BCUT2D eigenvalue weighted by Gasteiger charge is -2.45. The molecule has 6 unspecified atom stereocenters. The summed E-state index contributed by atoms with van der Waals surface area (Å²) in [6.45, 7) is 14.6. The maximum atomic E-state index is 2.56. The lowest BCUT2D eigenvalue weighted by Crippen LogP contribution is -2.37. The predicted octanol–water partition coefficient (Wildman–Crippen LogP) is 6.94. The third-order valence-corrected chi connectivity index (χ3v) is 6.57. The van der Waals surface area contributed by atoms with Gasteiger partial charge in [-0.3, -0.25) is 0 Å². The van der Waals surface area contributed by atoms with Crippen molar-refractivity contribution in [1.29, 1.82) is 0 Å². The zero-order valence-electron chi connectivity index (χ0n) is 15.1. The fourth-order valence-electron chi connectivity index (χ4n) is 4.79. The van der Waals surface area contributed by atoms with Crippen molar-refractivity contribution >= 4 is 0 Å². The summed E-state index contributed by atoms with van der Waals surface area (Å²) in [6, 6.07) is 0. The summed E-state index contributed by atoms with van der Waals surface area (Å²) < 4.78 is 0. The van der Waals surface area contributed by atoms with E-state index in [1.165, 1.54) is 51.4 Å². The Morgan fingerprint density at radius 2 is 1.65 bits per heavy atom. The van der Waals surface area contributed by atoms with E-state index in [-0.39, 0.29) is 0 Å². The molecule has 0 spiro atoms. The smallest absolute Gasteiger partial charge is 0.0355 e. The second-order valence-corrected chi connectivity index (χ2v) is 7.62. The fourth-order valence-corrected chi connectivity index (χ4v) is 4.79. The van der Waals surface area contributed by atoms with E-state index in [4.69, 9.17) is 0 Å². The molecule has 0 heterocycles. The lowest BCUT2D eigenvalue weighted by atomic mass is 9.60. The number of rotatable bonds is 10. The van der Waals surface area contributed by atoms with Crippen molar-refractivity contribution in [3.63, 3.8) is 0 Å². The molecule has 1 rings (SSSR count). The Bertz CT molecular complexity index is 242. The summed E-state index contributed by atoms with van der Waals surface area (Å²) in [4.78, 5) is 0. The van der Waals surface area contributed by atoms with Crippen LogP contribution < -0.4 is 0 Å². The molecule has 0 aliphatic heterocycles. The molecule has 0 nitrogen and oxygen atoms in total. The minimum Gasteiger partial charge on any atom is -0.0654 e. The van der Waals surface area contributed by atoms with Crippen LogP contribution in [0.5, 0.6) is 0 Å². The molecule has 6 atom stereocenters. The van der Waals surface area contributed by atoms with Crippen LogP contribution in [-0.2, 0) is 0 Å². The Kier molecular flexibility index (Phi) is 8.22. The van der Waals surface area contributed by atoms with Gasteiger partial charge < -0.3 is 0 Å². The van der Waals surface area contributed by atoms with Crippen molar-refractivity contribution in [2.45, 2.75) is 92.9 Å². The molecule has 0 bridgehead atoms. The van der Waals surface area contributed by atoms with Gasteiger partial charge in [-0.25, -0.2) is 0 Å². The van der Waals surface area contributed by atoms with Crippen LogP contribution in [0.15, 0.2) is 0 Å². The molecule has 1 fully saturated rings. The highest BCUT2D eigenvalue weighted by molar-refractivity contribution is 4.88. The summed E-state index contributed by atoms with van der Waals surface area (Å²) in [7, 11) is 0. The van der Waals surface area contributed by atoms with E-state index in [0.717, 1.165) is 35.5 Å². The zero-order valence-corrected chi connectivity index (χ0v) is 15.1. The summed E-state index contributed by atoms with van der Waals surface area (Å²) in [6.07, 6.45) is 11.5. The molecule has 120 valence electrons. The van der Waals surface area contributed by atoms with Gasteiger partial charge in [0.05, 0.1) is 0 Å². The first-order valence-electron chi connectivity index (χ1n) is 9.58. The zero-order chi connectivity index (χ0) is 15.1. The summed E-state index contributed by atoms with van der Waals surface area (Å²) in [5, 5.41) is 0. The molecular weight excluding hydrogens is 240 g/mol. The van der Waals surface area contributed by atoms with Crippen LogP contribution in [-0.4, -0.2) is 0 Å². The summed E-state index contributed by atoms with van der Waals surface area (Å²) in [5.41, 5.74) is 0. The van der Waals surface area contributed by atoms with Crippen molar-refractivity contribution in [1.82, 2.24) is 0 Å². The van der Waals surface area contributed by atoms with Crippen LogP contribution in [0.3, 0.4) is 0 Å². The van der Waals surface area contributed by atoms with Gasteiger partial charge in [-0.15, -0.1) is 0 Å². The normalized spacial score (nSPS) is 28.5. The highest BCUT2D eigenvalue weighted by Gasteiger charge is 2.38. The Morgan fingerprint density at radius 1 is 0.950 bits per heavy atom. The molecule has 0 aromatic heterocycles. The van der Waals surface area contributed by atoms with E-state index in [1.807, 2.05) is 0 Å². The summed E-state index contributed by atoms with van der Waals surface area (Å²) in [5.74, 6) is 5.89. The van der Waals surface area contributed by atoms with Gasteiger partial charge in [-0.1, -0.05) is 73.6 Å². The third kappa shape index (κ3) is 4.50. The average Bonchev–Trinajstić information content (AvgIpc) is 2.42. The third-order valence-electron chi connectivity index (χ3n) is 6.57. The van der Waals surface area contributed by atoms with E-state index < -0.39 is 0 Å². The van der Waals surface area contributed by atoms with Gasteiger partial charge >= 0.3 is 0 Å². The van der Waals surface area contributed by atoms with Crippen molar-refractivity contribution in [2.75, 3.05) is 0 Å². The fraction of sp³-hybridized carbons (Fsp3) is 1.00. The molecule has 0 radical (unpaired) electrons. The molecule has 20 heavy (non-hydrogen) atoms. The van der Waals surface area contributed by atoms with Gasteiger partial charge in [0, 0.05) is 0 Å². The molecule has 0 aromatic carbocycles. The molecule has 0 aromatic rings. The van der Waals surface area contributed by atoms with Crippen LogP contribution in [0.2, 0.25) is 0 Å². The molecule has 0 heteroatoms. The van der Waals surface area contributed by atoms with E-state index in [0.29, 0.717) is 0 Å². The van der Waals surface area contributed by atoms with Crippen LogP contribution in [0.25, 0.3) is 0 Å². The van der Waals surface area contributed by atoms with Gasteiger partial charge in [-0.2, -0.15) is 0 Å². The van der Waals surface area contributed by atoms with E-state index in [1.54, 1.807) is 0 Å². The first-order valence-corrected chi connectivity index (χ1v) is 9.58. The van der Waals surface area contributed by atoms with Crippen LogP contribution in [0, 0.1) is 35.5 Å². The largest absolute Gasteiger partial charge is 0.0654 e. The Hall–Kier alpha value is 0. The van der Waals surface area contributed by atoms with Crippen LogP contribution in [0.1, 0.15) is 92.9 Å². The number of hydrogen-bond acceptors (Lipinski definition) is 0. The second kappa shape index (κ2) is 9.11. The molecule has 1 saturated carbocycles. The van der Waals surface area contributed by atoms with Gasteiger partial charge in [0.1, 0.15) is 0 Å². The van der Waals surface area contributed by atoms with Crippen LogP contribution in [0.4, 0.5) is 0 Å². The van der Waals surface area contributed by atoms with Gasteiger partial charge in [0.15, 0.2) is 0 Å². The first-order chi connectivity index (χ1) is 9.58.